The van der Waals surface area contributed by atoms with E-state index in [0.717, 1.165) is 0 Å². The highest BCUT2D eigenvalue weighted by molar-refractivity contribution is 7.48. The van der Waals surface area contributed by atoms with E-state index >= 15 is 0 Å². The summed E-state index contributed by atoms with van der Waals surface area (Å²) in [6.45, 7) is -0.218. The third-order valence-electron chi connectivity index (χ3n) is 0.450. The Bertz CT molecular complexity index is 116. The molecule has 0 aromatic heterocycles. The molecular formula is CH2O5P2+2. The van der Waals surface area contributed by atoms with Gasteiger partial charge in [-0.1, -0.05) is 9.05 Å². The van der Waals surface area contributed by atoms with E-state index in [2.05, 4.69) is 13.4 Å². The second-order valence-corrected chi connectivity index (χ2v) is 2.97. The highest BCUT2D eigenvalue weighted by Crippen LogP contribution is 2.44. The van der Waals surface area contributed by atoms with E-state index in [-0.39, 0.29) is 6.79 Å². The van der Waals surface area contributed by atoms with Crippen LogP contribution in [0.25, 0.3) is 0 Å². The zero-order chi connectivity index (χ0) is 5.98. The summed E-state index contributed by atoms with van der Waals surface area (Å²) in [5.41, 5.74) is 0. The van der Waals surface area contributed by atoms with Gasteiger partial charge in [-0.2, -0.15) is 0 Å². The van der Waals surface area contributed by atoms with Crippen LogP contribution in [0.3, 0.4) is 0 Å². The van der Waals surface area contributed by atoms with Crippen LogP contribution in [0, 0.1) is 0 Å². The van der Waals surface area contributed by atoms with Gasteiger partial charge >= 0.3 is 16.5 Å². The molecule has 2 atom stereocenters. The molecule has 0 amide bonds. The molecule has 0 aliphatic carbocycles. The lowest BCUT2D eigenvalue weighted by Crippen LogP contribution is -1.93. The molecule has 0 aromatic rings. The SMILES string of the molecule is O=[P+]1OCO[P+](=O)O1. The fourth-order valence-corrected chi connectivity index (χ4v) is 1.38. The Labute approximate surface area is 46.8 Å². The minimum Gasteiger partial charge on any atom is -0.0822 e. The normalized spacial score (nSPS) is 30.5. The van der Waals surface area contributed by atoms with Gasteiger partial charge in [0.2, 0.25) is 0 Å². The zero-order valence-electron chi connectivity index (χ0n) is 3.64. The minimum atomic E-state index is -2.19. The summed E-state index contributed by atoms with van der Waals surface area (Å²) in [5, 5.41) is 0. The van der Waals surface area contributed by atoms with E-state index in [1.807, 2.05) is 0 Å². The van der Waals surface area contributed by atoms with Crippen molar-refractivity contribution in [2.75, 3.05) is 6.79 Å². The molecule has 8 heavy (non-hydrogen) atoms. The average Bonchev–Trinajstić information content (AvgIpc) is 1.64. The first kappa shape index (κ1) is 6.20. The van der Waals surface area contributed by atoms with E-state index in [4.69, 9.17) is 0 Å². The molecule has 2 unspecified atom stereocenters. The Hall–Kier alpha value is 0.0800. The summed E-state index contributed by atoms with van der Waals surface area (Å²) in [6, 6.07) is 0. The zero-order valence-corrected chi connectivity index (χ0v) is 5.43. The molecule has 0 N–H and O–H groups in total. The van der Waals surface area contributed by atoms with Crippen LogP contribution in [0.1, 0.15) is 0 Å². The van der Waals surface area contributed by atoms with Crippen LogP contribution in [0.5, 0.6) is 0 Å². The highest BCUT2D eigenvalue weighted by atomic mass is 31.2. The Morgan fingerprint density at radius 1 is 1.12 bits per heavy atom. The number of hydrogen-bond donors (Lipinski definition) is 0. The molecule has 44 valence electrons. The van der Waals surface area contributed by atoms with E-state index in [1.54, 1.807) is 0 Å². The van der Waals surface area contributed by atoms with Crippen molar-refractivity contribution >= 4 is 16.5 Å². The smallest absolute Gasteiger partial charge is 0.0822 e. The summed E-state index contributed by atoms with van der Waals surface area (Å²) in [5.74, 6) is 0. The van der Waals surface area contributed by atoms with Crippen LogP contribution in [-0.2, 0) is 22.5 Å². The summed E-state index contributed by atoms with van der Waals surface area (Å²) in [7, 11) is -4.38. The van der Waals surface area contributed by atoms with Gasteiger partial charge in [0.1, 0.15) is 0 Å². The van der Waals surface area contributed by atoms with Gasteiger partial charge in [0, 0.05) is 9.13 Å². The summed E-state index contributed by atoms with van der Waals surface area (Å²) in [6.07, 6.45) is 0. The van der Waals surface area contributed by atoms with Crippen molar-refractivity contribution in [1.29, 1.82) is 0 Å². The van der Waals surface area contributed by atoms with Crippen LogP contribution < -0.4 is 0 Å². The van der Waals surface area contributed by atoms with Crippen LogP contribution in [0.2, 0.25) is 0 Å². The lowest BCUT2D eigenvalue weighted by molar-refractivity contribution is 0.0870. The van der Waals surface area contributed by atoms with E-state index in [9.17, 15) is 9.13 Å². The predicted molar refractivity (Wildman–Crippen MR) is 23.3 cm³/mol. The van der Waals surface area contributed by atoms with Crippen LogP contribution >= 0.6 is 16.5 Å². The Morgan fingerprint density at radius 2 is 1.62 bits per heavy atom. The van der Waals surface area contributed by atoms with Gasteiger partial charge in [0.25, 0.3) is 6.79 Å². The predicted octanol–water partition coefficient (Wildman–Crippen LogP) is 1.32. The molecule has 1 fully saturated rings. The maximum absolute atomic E-state index is 10.1. The van der Waals surface area contributed by atoms with Crippen molar-refractivity contribution in [3.05, 3.63) is 0 Å². The first-order chi connectivity index (χ1) is 3.79. The van der Waals surface area contributed by atoms with Crippen LogP contribution in [-0.4, -0.2) is 6.79 Å². The molecule has 0 radical (unpaired) electrons. The third kappa shape index (κ3) is 1.54. The molecule has 0 aromatic carbocycles. The van der Waals surface area contributed by atoms with Gasteiger partial charge in [-0.25, -0.2) is 0 Å². The molecular weight excluding hydrogens is 154 g/mol. The molecule has 0 spiro atoms. The maximum atomic E-state index is 10.1. The molecule has 7 heteroatoms. The second kappa shape index (κ2) is 2.58. The van der Waals surface area contributed by atoms with Crippen molar-refractivity contribution in [3.63, 3.8) is 0 Å². The third-order valence-corrected chi connectivity index (χ3v) is 2.15. The van der Waals surface area contributed by atoms with Crippen molar-refractivity contribution < 1.29 is 22.5 Å². The van der Waals surface area contributed by atoms with Gasteiger partial charge in [-0.05, 0) is 0 Å². The second-order valence-electron chi connectivity index (χ2n) is 0.905. The van der Waals surface area contributed by atoms with Gasteiger partial charge in [0.15, 0.2) is 4.31 Å². The van der Waals surface area contributed by atoms with Gasteiger partial charge in [-0.15, -0.1) is 0 Å². The molecule has 1 saturated heterocycles. The van der Waals surface area contributed by atoms with E-state index in [0.29, 0.717) is 0 Å². The Kier molecular flexibility index (Phi) is 2.00. The maximum Gasteiger partial charge on any atom is 0.750 e. The summed E-state index contributed by atoms with van der Waals surface area (Å²) < 4.78 is 32.7. The van der Waals surface area contributed by atoms with Crippen LogP contribution in [0.15, 0.2) is 0 Å². The van der Waals surface area contributed by atoms with Crippen molar-refractivity contribution in [2.24, 2.45) is 0 Å². The first-order valence-electron chi connectivity index (χ1n) is 1.67. The van der Waals surface area contributed by atoms with Gasteiger partial charge < -0.3 is 0 Å². The molecule has 1 aliphatic rings. The van der Waals surface area contributed by atoms with E-state index in [1.165, 1.54) is 0 Å². The summed E-state index contributed by atoms with van der Waals surface area (Å²) >= 11 is 0. The topological polar surface area (TPSA) is 61.8 Å². The molecule has 1 aliphatic heterocycles. The molecule has 0 saturated carbocycles. The van der Waals surface area contributed by atoms with Crippen LogP contribution in [0.4, 0.5) is 0 Å². The standard InChI is InChI=1S/CH2O5P2/c2-7-4-1-5-8(3)6-7/h1H2/q+2. The van der Waals surface area contributed by atoms with Gasteiger partial charge in [0.05, 0.1) is 0 Å². The molecule has 0 bridgehead atoms. The largest absolute Gasteiger partial charge is 0.750 e. The lowest BCUT2D eigenvalue weighted by Gasteiger charge is -1.82. The Balaban J connectivity index is 2.45. The van der Waals surface area contributed by atoms with Crippen molar-refractivity contribution in [3.8, 4) is 0 Å². The van der Waals surface area contributed by atoms with Crippen molar-refractivity contribution in [2.45, 2.75) is 0 Å². The Morgan fingerprint density at radius 3 is 1.88 bits per heavy atom. The quantitative estimate of drug-likeness (QED) is 0.495. The fourth-order valence-electron chi connectivity index (χ4n) is 0.211. The minimum absolute atomic E-state index is 0.218. The summed E-state index contributed by atoms with van der Waals surface area (Å²) in [4.78, 5) is 0. The first-order valence-corrected chi connectivity index (χ1v) is 3.86. The van der Waals surface area contributed by atoms with Gasteiger partial charge in [-0.3, -0.25) is 0 Å². The molecule has 1 rings (SSSR count). The lowest BCUT2D eigenvalue weighted by atomic mass is 11.6. The van der Waals surface area contributed by atoms with Crippen molar-refractivity contribution in [1.82, 2.24) is 0 Å². The average molecular weight is 156 g/mol. The molecule has 5 nitrogen and oxygen atoms in total. The number of rotatable bonds is 0. The number of hydrogen-bond acceptors (Lipinski definition) is 5. The van der Waals surface area contributed by atoms with E-state index < -0.39 is 16.5 Å². The monoisotopic (exact) mass is 156 g/mol. The molecule has 1 heterocycles. The fraction of sp³-hybridized carbons (Fsp3) is 1.00. The highest BCUT2D eigenvalue weighted by Gasteiger charge is 2.46.